The van der Waals surface area contributed by atoms with Gasteiger partial charge in [0.1, 0.15) is 6.34 Å². The first kappa shape index (κ1) is 21.5. The van der Waals surface area contributed by atoms with Gasteiger partial charge in [0.2, 0.25) is 5.91 Å². The number of carbonyl (C=O) groups is 1. The van der Waals surface area contributed by atoms with Crippen molar-refractivity contribution in [2.24, 2.45) is 16.2 Å². The van der Waals surface area contributed by atoms with Crippen molar-refractivity contribution in [1.29, 1.82) is 0 Å². The number of nitrogens with zero attached hydrogens (tertiary/aromatic N) is 2. The first-order valence-electron chi connectivity index (χ1n) is 9.40. The number of hydrogen-bond acceptors (Lipinski definition) is 4. The zero-order valence-corrected chi connectivity index (χ0v) is 18.0. The third-order valence-corrected chi connectivity index (χ3v) is 6.65. The standard InChI is InChI=1S/C20H25ClN4O3S/c1-25(2)13-23-29(27,28)19-11-16(9-15-12-22-8-7-17(15)19)24-20(26)10-14-5-3-4-6-18(14)21/h3-6,9,11,13,15,17,22H,7-8,10,12H2,1-2H3,(H,24,26). The van der Waals surface area contributed by atoms with Crippen LogP contribution in [0.15, 0.2) is 51.4 Å². The van der Waals surface area contributed by atoms with Crippen LogP contribution in [0.3, 0.4) is 0 Å². The monoisotopic (exact) mass is 436 g/mol. The van der Waals surface area contributed by atoms with E-state index in [-0.39, 0.29) is 29.1 Å². The molecule has 1 aliphatic heterocycles. The van der Waals surface area contributed by atoms with Crippen molar-refractivity contribution in [3.8, 4) is 0 Å². The Morgan fingerprint density at radius 2 is 2.14 bits per heavy atom. The van der Waals surface area contributed by atoms with Crippen LogP contribution in [0.5, 0.6) is 0 Å². The fourth-order valence-corrected chi connectivity index (χ4v) is 5.12. The molecule has 2 aliphatic rings. The normalized spacial score (nSPS) is 21.9. The quantitative estimate of drug-likeness (QED) is 0.525. The van der Waals surface area contributed by atoms with Crippen LogP contribution in [-0.4, -0.2) is 52.7 Å². The SMILES string of the molecule is CN(C)C=NS(=O)(=O)C1=CC(NC(=O)Cc2ccccc2Cl)=CC2CNCCC12. The Morgan fingerprint density at radius 1 is 1.38 bits per heavy atom. The number of fused-ring (bicyclic) bond motifs is 1. The second-order valence-corrected chi connectivity index (χ2v) is 9.45. The van der Waals surface area contributed by atoms with E-state index < -0.39 is 10.0 Å². The van der Waals surface area contributed by atoms with E-state index >= 15 is 0 Å². The predicted molar refractivity (Wildman–Crippen MR) is 115 cm³/mol. The van der Waals surface area contributed by atoms with Gasteiger partial charge in [-0.25, -0.2) is 0 Å². The maximum Gasteiger partial charge on any atom is 0.280 e. The van der Waals surface area contributed by atoms with Gasteiger partial charge in [0, 0.05) is 37.3 Å². The van der Waals surface area contributed by atoms with Crippen LogP contribution in [0.1, 0.15) is 12.0 Å². The molecule has 1 fully saturated rings. The Kier molecular flexibility index (Phi) is 6.77. The number of carbonyl (C=O) groups excluding carboxylic acids is 1. The molecule has 0 aromatic heterocycles. The molecular formula is C20H25ClN4O3S. The number of halogens is 1. The second kappa shape index (κ2) is 9.11. The van der Waals surface area contributed by atoms with Crippen molar-refractivity contribution in [3.05, 3.63) is 57.6 Å². The molecule has 1 aromatic rings. The van der Waals surface area contributed by atoms with E-state index in [1.165, 1.54) is 6.34 Å². The molecule has 2 N–H and O–H groups in total. The molecule has 1 heterocycles. The summed E-state index contributed by atoms with van der Waals surface area (Å²) in [5.41, 5.74) is 1.19. The first-order chi connectivity index (χ1) is 13.8. The summed E-state index contributed by atoms with van der Waals surface area (Å²) in [6.07, 6.45) is 5.55. The van der Waals surface area contributed by atoms with E-state index in [9.17, 15) is 13.2 Å². The van der Waals surface area contributed by atoms with E-state index in [2.05, 4.69) is 15.0 Å². The number of benzene rings is 1. The van der Waals surface area contributed by atoms with Gasteiger partial charge in [-0.15, -0.1) is 4.40 Å². The van der Waals surface area contributed by atoms with Crippen molar-refractivity contribution >= 4 is 33.9 Å². The Balaban J connectivity index is 1.84. The lowest BCUT2D eigenvalue weighted by atomic mass is 9.82. The molecule has 2 atom stereocenters. The summed E-state index contributed by atoms with van der Waals surface area (Å²) in [5, 5.41) is 6.63. The molecule has 0 bridgehead atoms. The minimum atomic E-state index is -3.84. The summed E-state index contributed by atoms with van der Waals surface area (Å²) < 4.78 is 29.5. The summed E-state index contributed by atoms with van der Waals surface area (Å²) in [6, 6.07) is 7.15. The highest BCUT2D eigenvalue weighted by molar-refractivity contribution is 7.94. The lowest BCUT2D eigenvalue weighted by molar-refractivity contribution is -0.119. The van der Waals surface area contributed by atoms with Crippen molar-refractivity contribution in [2.45, 2.75) is 12.8 Å². The highest BCUT2D eigenvalue weighted by Gasteiger charge is 2.36. The van der Waals surface area contributed by atoms with Crippen molar-refractivity contribution in [2.75, 3.05) is 27.2 Å². The highest BCUT2D eigenvalue weighted by atomic mass is 35.5. The molecule has 7 nitrogen and oxygen atoms in total. The Labute approximate surface area is 176 Å². The largest absolute Gasteiger partial charge is 0.368 e. The molecule has 156 valence electrons. The molecule has 0 radical (unpaired) electrons. The molecule has 9 heteroatoms. The minimum absolute atomic E-state index is 0.0244. The number of allylic oxidation sites excluding steroid dienone is 2. The van der Waals surface area contributed by atoms with Crippen molar-refractivity contribution in [1.82, 2.24) is 15.5 Å². The summed E-state index contributed by atoms with van der Waals surface area (Å²) in [5.74, 6) is -0.426. The van der Waals surface area contributed by atoms with Gasteiger partial charge in [0.25, 0.3) is 10.0 Å². The molecule has 29 heavy (non-hydrogen) atoms. The van der Waals surface area contributed by atoms with Crippen molar-refractivity contribution in [3.63, 3.8) is 0 Å². The molecular weight excluding hydrogens is 412 g/mol. The van der Waals surface area contributed by atoms with Gasteiger partial charge >= 0.3 is 0 Å². The molecule has 1 aromatic carbocycles. The topological polar surface area (TPSA) is 90.9 Å². The van der Waals surface area contributed by atoms with Crippen LogP contribution in [0.4, 0.5) is 0 Å². The molecule has 1 saturated heterocycles. The summed E-state index contributed by atoms with van der Waals surface area (Å²) in [4.78, 5) is 14.3. The highest BCUT2D eigenvalue weighted by Crippen LogP contribution is 2.36. The van der Waals surface area contributed by atoms with E-state index in [4.69, 9.17) is 11.6 Å². The van der Waals surface area contributed by atoms with Crippen LogP contribution in [0.25, 0.3) is 0 Å². The number of sulfonamides is 1. The second-order valence-electron chi connectivity index (χ2n) is 7.41. The average Bonchev–Trinajstić information content (AvgIpc) is 2.67. The number of piperidine rings is 1. The van der Waals surface area contributed by atoms with Gasteiger partial charge in [0.15, 0.2) is 0 Å². The van der Waals surface area contributed by atoms with E-state index in [0.717, 1.165) is 6.54 Å². The van der Waals surface area contributed by atoms with E-state index in [0.29, 0.717) is 29.2 Å². The summed E-state index contributed by atoms with van der Waals surface area (Å²) in [7, 11) is -0.415. The number of nitrogens with one attached hydrogen (secondary N) is 2. The minimum Gasteiger partial charge on any atom is -0.368 e. The zero-order valence-electron chi connectivity index (χ0n) is 16.4. The fourth-order valence-electron chi connectivity index (χ4n) is 3.53. The third kappa shape index (κ3) is 5.46. The van der Waals surface area contributed by atoms with E-state index in [1.807, 2.05) is 12.1 Å². The van der Waals surface area contributed by atoms with E-state index in [1.54, 1.807) is 43.3 Å². The van der Waals surface area contributed by atoms with Gasteiger partial charge in [0.05, 0.1) is 11.3 Å². The number of amides is 1. The van der Waals surface area contributed by atoms with Crippen molar-refractivity contribution < 1.29 is 13.2 Å². The number of hydrogen-bond donors (Lipinski definition) is 2. The molecule has 2 unspecified atom stereocenters. The lowest BCUT2D eigenvalue weighted by Crippen LogP contribution is -2.40. The van der Waals surface area contributed by atoms with Crippen LogP contribution >= 0.6 is 11.6 Å². The molecule has 0 saturated carbocycles. The van der Waals surface area contributed by atoms with Crippen LogP contribution in [0, 0.1) is 11.8 Å². The van der Waals surface area contributed by atoms with Gasteiger partial charge in [-0.05, 0) is 36.6 Å². The summed E-state index contributed by atoms with van der Waals surface area (Å²) in [6.45, 7) is 1.40. The Hall–Kier alpha value is -2.16. The van der Waals surface area contributed by atoms with Crippen LogP contribution in [0.2, 0.25) is 5.02 Å². The summed E-state index contributed by atoms with van der Waals surface area (Å²) >= 11 is 6.13. The number of rotatable bonds is 6. The molecule has 1 amide bonds. The van der Waals surface area contributed by atoms with Gasteiger partial charge in [-0.1, -0.05) is 35.9 Å². The molecule has 0 spiro atoms. The van der Waals surface area contributed by atoms with Gasteiger partial charge in [-0.3, -0.25) is 4.79 Å². The van der Waals surface area contributed by atoms with Crippen LogP contribution in [-0.2, 0) is 21.2 Å². The lowest BCUT2D eigenvalue weighted by Gasteiger charge is -2.34. The maximum absolute atomic E-state index is 12.8. The average molecular weight is 437 g/mol. The predicted octanol–water partition coefficient (Wildman–Crippen LogP) is 1.93. The maximum atomic E-state index is 12.8. The third-order valence-electron chi connectivity index (χ3n) is 4.89. The van der Waals surface area contributed by atoms with Gasteiger partial charge in [-0.2, -0.15) is 8.42 Å². The van der Waals surface area contributed by atoms with Gasteiger partial charge < -0.3 is 15.5 Å². The zero-order chi connectivity index (χ0) is 21.0. The Morgan fingerprint density at radius 3 is 2.86 bits per heavy atom. The smallest absolute Gasteiger partial charge is 0.280 e. The van der Waals surface area contributed by atoms with Crippen LogP contribution < -0.4 is 10.6 Å². The molecule has 3 rings (SSSR count). The fraction of sp³-hybridized carbons (Fsp3) is 0.400. The Bertz CT molecular complexity index is 970. The first-order valence-corrected chi connectivity index (χ1v) is 11.2. The molecule has 1 aliphatic carbocycles.